The SMILES string of the molecule is COc1ccc2c(C)c(CCC(=O)NC(C(=O)NC(C(=O)O)C(C)C)c3ccccc3)c(=O)oc2c1C. The van der Waals surface area contributed by atoms with Crippen molar-refractivity contribution in [3.8, 4) is 5.75 Å². The van der Waals surface area contributed by atoms with Gasteiger partial charge in [0.15, 0.2) is 0 Å². The van der Waals surface area contributed by atoms with Crippen molar-refractivity contribution < 1.29 is 28.6 Å². The molecule has 2 unspecified atom stereocenters. The first-order valence-corrected chi connectivity index (χ1v) is 12.0. The molecule has 3 aromatic rings. The van der Waals surface area contributed by atoms with E-state index in [1.807, 2.05) is 6.07 Å². The zero-order valence-corrected chi connectivity index (χ0v) is 21.6. The Morgan fingerprint density at radius 1 is 1.00 bits per heavy atom. The van der Waals surface area contributed by atoms with Gasteiger partial charge in [-0.2, -0.15) is 0 Å². The van der Waals surface area contributed by atoms with E-state index in [9.17, 15) is 24.3 Å². The minimum atomic E-state index is -1.16. The number of carbonyl (C=O) groups excluding carboxylic acids is 2. The molecule has 0 spiro atoms. The lowest BCUT2D eigenvalue weighted by molar-refractivity contribution is -0.143. The van der Waals surface area contributed by atoms with Crippen LogP contribution in [0.15, 0.2) is 51.7 Å². The highest BCUT2D eigenvalue weighted by atomic mass is 16.5. The number of methoxy groups -OCH3 is 1. The minimum absolute atomic E-state index is 0.0740. The Morgan fingerprint density at radius 2 is 1.68 bits per heavy atom. The molecule has 0 aliphatic rings. The predicted molar refractivity (Wildman–Crippen MR) is 139 cm³/mol. The molecule has 0 saturated carbocycles. The molecule has 0 radical (unpaired) electrons. The molecule has 196 valence electrons. The average Bonchev–Trinajstić information content (AvgIpc) is 2.86. The molecule has 2 amide bonds. The van der Waals surface area contributed by atoms with Gasteiger partial charge in [-0.05, 0) is 49.4 Å². The minimum Gasteiger partial charge on any atom is -0.496 e. The number of carboxylic acids is 1. The van der Waals surface area contributed by atoms with Crippen molar-refractivity contribution in [1.29, 1.82) is 0 Å². The molecular formula is C28H32N2O7. The van der Waals surface area contributed by atoms with Crippen molar-refractivity contribution in [3.05, 3.63) is 75.1 Å². The molecule has 0 bridgehead atoms. The summed E-state index contributed by atoms with van der Waals surface area (Å²) >= 11 is 0. The van der Waals surface area contributed by atoms with Gasteiger partial charge in [0.05, 0.1) is 7.11 Å². The Kier molecular flexibility index (Phi) is 8.70. The van der Waals surface area contributed by atoms with Crippen LogP contribution in [0.5, 0.6) is 5.75 Å². The first kappa shape index (κ1) is 27.4. The third kappa shape index (κ3) is 6.17. The highest BCUT2D eigenvalue weighted by Gasteiger charge is 2.29. The van der Waals surface area contributed by atoms with E-state index in [-0.39, 0.29) is 18.8 Å². The van der Waals surface area contributed by atoms with Gasteiger partial charge < -0.3 is 24.9 Å². The fourth-order valence-electron chi connectivity index (χ4n) is 4.25. The summed E-state index contributed by atoms with van der Waals surface area (Å²) in [5.74, 6) is -2.01. The van der Waals surface area contributed by atoms with Gasteiger partial charge in [0, 0.05) is 22.9 Å². The molecule has 0 fully saturated rings. The molecule has 2 atom stereocenters. The Labute approximate surface area is 214 Å². The molecular weight excluding hydrogens is 476 g/mol. The van der Waals surface area contributed by atoms with E-state index >= 15 is 0 Å². The number of aliphatic carboxylic acids is 1. The summed E-state index contributed by atoms with van der Waals surface area (Å²) in [6.45, 7) is 6.98. The first-order chi connectivity index (χ1) is 17.5. The fourth-order valence-corrected chi connectivity index (χ4v) is 4.25. The quantitative estimate of drug-likeness (QED) is 0.357. The molecule has 1 heterocycles. The molecule has 3 N–H and O–H groups in total. The Bertz CT molecular complexity index is 1360. The number of carbonyl (C=O) groups is 3. The number of ether oxygens (including phenoxy) is 1. The predicted octanol–water partition coefficient (Wildman–Crippen LogP) is 3.43. The van der Waals surface area contributed by atoms with Gasteiger partial charge in [0.2, 0.25) is 11.8 Å². The lowest BCUT2D eigenvalue weighted by Gasteiger charge is -2.23. The van der Waals surface area contributed by atoms with Crippen molar-refractivity contribution in [2.24, 2.45) is 5.92 Å². The highest BCUT2D eigenvalue weighted by Crippen LogP contribution is 2.29. The van der Waals surface area contributed by atoms with Gasteiger partial charge in [0.1, 0.15) is 23.4 Å². The lowest BCUT2D eigenvalue weighted by Crippen LogP contribution is -2.49. The van der Waals surface area contributed by atoms with Gasteiger partial charge >= 0.3 is 11.6 Å². The maximum absolute atomic E-state index is 13.0. The van der Waals surface area contributed by atoms with E-state index in [1.165, 1.54) is 0 Å². The zero-order chi connectivity index (χ0) is 27.3. The lowest BCUT2D eigenvalue weighted by atomic mass is 9.99. The summed E-state index contributed by atoms with van der Waals surface area (Å²) in [7, 11) is 1.54. The average molecular weight is 509 g/mol. The van der Waals surface area contributed by atoms with Gasteiger partial charge in [-0.25, -0.2) is 9.59 Å². The van der Waals surface area contributed by atoms with Crippen molar-refractivity contribution >= 4 is 28.8 Å². The second kappa shape index (κ2) is 11.7. The Hall–Kier alpha value is -4.14. The van der Waals surface area contributed by atoms with E-state index in [4.69, 9.17) is 9.15 Å². The van der Waals surface area contributed by atoms with E-state index in [0.717, 1.165) is 5.39 Å². The summed E-state index contributed by atoms with van der Waals surface area (Å²) < 4.78 is 10.9. The largest absolute Gasteiger partial charge is 0.496 e. The van der Waals surface area contributed by atoms with Crippen LogP contribution < -0.4 is 21.0 Å². The number of hydrogen-bond donors (Lipinski definition) is 3. The zero-order valence-electron chi connectivity index (χ0n) is 21.6. The molecule has 3 rings (SSSR count). The van der Waals surface area contributed by atoms with Crippen LogP contribution in [0.2, 0.25) is 0 Å². The number of benzene rings is 2. The number of nitrogens with one attached hydrogen (secondary N) is 2. The van der Waals surface area contributed by atoms with Gasteiger partial charge in [-0.1, -0.05) is 44.2 Å². The molecule has 0 saturated heterocycles. The second-order valence-electron chi connectivity index (χ2n) is 9.24. The van der Waals surface area contributed by atoms with Crippen molar-refractivity contribution in [2.75, 3.05) is 7.11 Å². The summed E-state index contributed by atoms with van der Waals surface area (Å²) in [5.41, 5.74) is 2.21. The smallest absolute Gasteiger partial charge is 0.339 e. The van der Waals surface area contributed by atoms with E-state index < -0.39 is 35.5 Å². The molecule has 37 heavy (non-hydrogen) atoms. The highest BCUT2D eigenvalue weighted by molar-refractivity contribution is 5.91. The molecule has 9 nitrogen and oxygen atoms in total. The number of aryl methyl sites for hydroxylation is 2. The third-order valence-corrected chi connectivity index (χ3v) is 6.41. The van der Waals surface area contributed by atoms with Crippen LogP contribution in [0.3, 0.4) is 0 Å². The summed E-state index contributed by atoms with van der Waals surface area (Å²) in [6.07, 6.45) is 0.0310. The van der Waals surface area contributed by atoms with Crippen LogP contribution in [0, 0.1) is 19.8 Å². The topological polar surface area (TPSA) is 135 Å². The Morgan fingerprint density at radius 3 is 2.27 bits per heavy atom. The standard InChI is InChI=1S/C28H32N2O7/c1-15(2)23(27(33)34)30-26(32)24(18-9-7-6-8-10-18)29-22(31)14-12-20-16(3)19-11-13-21(36-5)17(4)25(19)37-28(20)35/h6-11,13,15,23-24H,12,14H2,1-5H3,(H,29,31)(H,30,32)(H,33,34). The van der Waals surface area contributed by atoms with Gasteiger partial charge in [-0.15, -0.1) is 0 Å². The maximum Gasteiger partial charge on any atom is 0.339 e. The molecule has 9 heteroatoms. The first-order valence-electron chi connectivity index (χ1n) is 12.0. The van der Waals surface area contributed by atoms with Crippen LogP contribution in [-0.4, -0.2) is 36.0 Å². The van der Waals surface area contributed by atoms with E-state index in [2.05, 4.69) is 10.6 Å². The van der Waals surface area contributed by atoms with Crippen LogP contribution in [-0.2, 0) is 20.8 Å². The van der Waals surface area contributed by atoms with E-state index in [0.29, 0.717) is 33.6 Å². The number of rotatable bonds is 10. The third-order valence-electron chi connectivity index (χ3n) is 6.41. The van der Waals surface area contributed by atoms with Crippen molar-refractivity contribution in [2.45, 2.75) is 52.6 Å². The van der Waals surface area contributed by atoms with Gasteiger partial charge in [0.25, 0.3) is 0 Å². The van der Waals surface area contributed by atoms with E-state index in [1.54, 1.807) is 71.2 Å². The number of fused-ring (bicyclic) bond motifs is 1. The summed E-state index contributed by atoms with van der Waals surface area (Å²) in [4.78, 5) is 50.3. The van der Waals surface area contributed by atoms with Crippen LogP contribution >= 0.6 is 0 Å². The number of carboxylic acid groups (broad SMARTS) is 1. The molecule has 0 aliphatic heterocycles. The van der Waals surface area contributed by atoms with Gasteiger partial charge in [-0.3, -0.25) is 9.59 Å². The van der Waals surface area contributed by atoms with Crippen molar-refractivity contribution in [1.82, 2.24) is 10.6 Å². The van der Waals surface area contributed by atoms with Crippen molar-refractivity contribution in [3.63, 3.8) is 0 Å². The molecule has 0 aliphatic carbocycles. The Balaban J connectivity index is 1.81. The molecule has 1 aromatic heterocycles. The van der Waals surface area contributed by atoms with Crippen LogP contribution in [0.25, 0.3) is 11.0 Å². The normalized spacial score (nSPS) is 12.7. The summed E-state index contributed by atoms with van der Waals surface area (Å²) in [5, 5.41) is 15.4. The van der Waals surface area contributed by atoms with Crippen LogP contribution in [0.4, 0.5) is 0 Å². The fraction of sp³-hybridized carbons (Fsp3) is 0.357. The second-order valence-corrected chi connectivity index (χ2v) is 9.24. The number of amides is 2. The molecule has 2 aromatic carbocycles. The van der Waals surface area contributed by atoms with Crippen LogP contribution in [0.1, 0.15) is 48.6 Å². The summed E-state index contributed by atoms with van der Waals surface area (Å²) in [6, 6.07) is 9.97. The maximum atomic E-state index is 13.0. The number of hydrogen-bond acceptors (Lipinski definition) is 6. The monoisotopic (exact) mass is 508 g/mol.